The van der Waals surface area contributed by atoms with Gasteiger partial charge in [-0.25, -0.2) is 0 Å². The molecule has 2 rings (SSSR count). The normalized spacial score (nSPS) is 23.0. The van der Waals surface area contributed by atoms with E-state index in [2.05, 4.69) is 52.9 Å². The van der Waals surface area contributed by atoms with Gasteiger partial charge in [0.2, 0.25) is 0 Å². The molecule has 1 saturated heterocycles. The number of nitrogens with one attached hydrogen (secondary N) is 1. The second-order valence-electron chi connectivity index (χ2n) is 5.98. The maximum atomic E-state index is 3.59. The molecule has 1 atom stereocenters. The van der Waals surface area contributed by atoms with Gasteiger partial charge in [0, 0.05) is 12.6 Å². The Hall–Kier alpha value is -0.820. The molecular formula is C15H23N. The van der Waals surface area contributed by atoms with Gasteiger partial charge in [0.1, 0.15) is 0 Å². The fourth-order valence-electron chi connectivity index (χ4n) is 2.79. The van der Waals surface area contributed by atoms with Crippen LogP contribution in [0.2, 0.25) is 0 Å². The van der Waals surface area contributed by atoms with E-state index in [1.54, 1.807) is 0 Å². The monoisotopic (exact) mass is 217 g/mol. The lowest BCUT2D eigenvalue weighted by Gasteiger charge is -2.47. The minimum absolute atomic E-state index is 0.399. The van der Waals surface area contributed by atoms with Crippen LogP contribution in [0, 0.1) is 33.1 Å². The van der Waals surface area contributed by atoms with Crippen molar-refractivity contribution in [2.24, 2.45) is 5.41 Å². The molecule has 1 fully saturated rings. The molecule has 0 spiro atoms. The van der Waals surface area contributed by atoms with E-state index >= 15 is 0 Å². The Morgan fingerprint density at radius 2 is 1.56 bits per heavy atom. The lowest BCUT2D eigenvalue weighted by Crippen LogP contribution is -2.53. The van der Waals surface area contributed by atoms with Gasteiger partial charge in [-0.15, -0.1) is 0 Å². The quantitative estimate of drug-likeness (QED) is 0.758. The van der Waals surface area contributed by atoms with Gasteiger partial charge in [-0.1, -0.05) is 19.9 Å². The zero-order chi connectivity index (χ0) is 12.1. The molecule has 1 aromatic rings. The highest BCUT2D eigenvalue weighted by molar-refractivity contribution is 5.47. The van der Waals surface area contributed by atoms with E-state index in [1.165, 1.54) is 27.8 Å². The molecule has 1 N–H and O–H groups in total. The topological polar surface area (TPSA) is 12.0 Å². The molecule has 0 amide bonds. The molecule has 0 aromatic heterocycles. The van der Waals surface area contributed by atoms with Crippen LogP contribution in [0.4, 0.5) is 0 Å². The Bertz CT molecular complexity index is 403. The highest BCUT2D eigenvalue weighted by Crippen LogP contribution is 2.43. The van der Waals surface area contributed by atoms with E-state index in [0.717, 1.165) is 6.54 Å². The molecule has 1 aromatic carbocycles. The van der Waals surface area contributed by atoms with Crippen LogP contribution in [0.5, 0.6) is 0 Å². The van der Waals surface area contributed by atoms with Crippen LogP contribution in [0.1, 0.15) is 47.7 Å². The summed E-state index contributed by atoms with van der Waals surface area (Å²) in [5.41, 5.74) is 7.70. The van der Waals surface area contributed by atoms with Crippen molar-refractivity contribution in [1.29, 1.82) is 0 Å². The first-order valence-corrected chi connectivity index (χ1v) is 6.15. The Kier molecular flexibility index (Phi) is 2.62. The van der Waals surface area contributed by atoms with E-state index in [-0.39, 0.29) is 0 Å². The van der Waals surface area contributed by atoms with Crippen molar-refractivity contribution in [2.45, 2.75) is 47.6 Å². The average molecular weight is 217 g/mol. The predicted molar refractivity (Wildman–Crippen MR) is 69.9 cm³/mol. The summed E-state index contributed by atoms with van der Waals surface area (Å²) in [6, 6.07) is 2.84. The van der Waals surface area contributed by atoms with Crippen molar-refractivity contribution < 1.29 is 0 Å². The van der Waals surface area contributed by atoms with E-state index < -0.39 is 0 Å². The lowest BCUT2D eigenvalue weighted by atomic mass is 9.71. The third-order valence-electron chi connectivity index (χ3n) is 4.26. The molecule has 88 valence electrons. The Morgan fingerprint density at radius 1 is 1.06 bits per heavy atom. The van der Waals surface area contributed by atoms with E-state index in [4.69, 9.17) is 0 Å². The summed E-state index contributed by atoms with van der Waals surface area (Å²) in [5, 5.41) is 3.59. The average Bonchev–Trinajstić information content (AvgIpc) is 2.20. The van der Waals surface area contributed by atoms with Gasteiger partial charge < -0.3 is 5.32 Å². The van der Waals surface area contributed by atoms with Gasteiger partial charge in [0.05, 0.1) is 0 Å². The zero-order valence-electron chi connectivity index (χ0n) is 11.4. The molecule has 1 unspecified atom stereocenters. The lowest BCUT2D eigenvalue weighted by molar-refractivity contribution is 0.127. The SMILES string of the molecule is Cc1cc(C)c(C)c(C2NCC2(C)C)c1C. The van der Waals surface area contributed by atoms with Crippen LogP contribution in [0.25, 0.3) is 0 Å². The predicted octanol–water partition coefficient (Wildman–Crippen LogP) is 3.59. The molecule has 0 radical (unpaired) electrons. The highest BCUT2D eigenvalue weighted by atomic mass is 15.0. The van der Waals surface area contributed by atoms with Gasteiger partial charge in [0.15, 0.2) is 0 Å². The van der Waals surface area contributed by atoms with Crippen molar-refractivity contribution in [3.05, 3.63) is 33.9 Å². The molecule has 16 heavy (non-hydrogen) atoms. The second-order valence-corrected chi connectivity index (χ2v) is 5.98. The molecule has 1 heteroatoms. The van der Waals surface area contributed by atoms with E-state index in [9.17, 15) is 0 Å². The third-order valence-corrected chi connectivity index (χ3v) is 4.26. The summed E-state index contributed by atoms with van der Waals surface area (Å²) >= 11 is 0. The minimum atomic E-state index is 0.399. The summed E-state index contributed by atoms with van der Waals surface area (Å²) in [7, 11) is 0. The van der Waals surface area contributed by atoms with Crippen LogP contribution in [-0.2, 0) is 0 Å². The molecule has 1 aliphatic rings. The highest BCUT2D eigenvalue weighted by Gasteiger charge is 2.40. The van der Waals surface area contributed by atoms with Gasteiger partial charge in [-0.2, -0.15) is 0 Å². The van der Waals surface area contributed by atoms with Crippen LogP contribution in [0.3, 0.4) is 0 Å². The standard InChI is InChI=1S/C15H23N/c1-9-7-10(2)12(4)13(11(9)3)14-15(5,6)8-16-14/h7,14,16H,8H2,1-6H3. The van der Waals surface area contributed by atoms with E-state index in [1.807, 2.05) is 0 Å². The molecular weight excluding hydrogens is 194 g/mol. The molecule has 0 saturated carbocycles. The third kappa shape index (κ3) is 1.58. The fraction of sp³-hybridized carbons (Fsp3) is 0.600. The van der Waals surface area contributed by atoms with Crippen molar-refractivity contribution in [2.75, 3.05) is 6.54 Å². The van der Waals surface area contributed by atoms with Crippen molar-refractivity contribution in [1.82, 2.24) is 5.32 Å². The molecule has 0 bridgehead atoms. The van der Waals surface area contributed by atoms with Gasteiger partial charge in [0.25, 0.3) is 0 Å². The van der Waals surface area contributed by atoms with E-state index in [0.29, 0.717) is 11.5 Å². The minimum Gasteiger partial charge on any atom is -0.309 e. The van der Waals surface area contributed by atoms with Gasteiger partial charge in [-0.05, 0) is 60.9 Å². The first kappa shape index (κ1) is 11.7. The van der Waals surface area contributed by atoms with Crippen LogP contribution in [0.15, 0.2) is 6.07 Å². The number of hydrogen-bond acceptors (Lipinski definition) is 1. The largest absolute Gasteiger partial charge is 0.309 e. The Morgan fingerprint density at radius 3 is 1.88 bits per heavy atom. The zero-order valence-corrected chi connectivity index (χ0v) is 11.4. The first-order valence-electron chi connectivity index (χ1n) is 6.15. The number of aryl methyl sites for hydroxylation is 2. The number of benzene rings is 1. The molecule has 1 aliphatic heterocycles. The molecule has 0 aliphatic carbocycles. The Balaban J connectivity index is 2.56. The maximum Gasteiger partial charge on any atom is 0.0389 e. The number of hydrogen-bond donors (Lipinski definition) is 1. The van der Waals surface area contributed by atoms with Crippen LogP contribution < -0.4 is 5.32 Å². The second kappa shape index (κ2) is 3.59. The molecule has 1 heterocycles. The summed E-state index contributed by atoms with van der Waals surface area (Å²) in [6.07, 6.45) is 0. The summed E-state index contributed by atoms with van der Waals surface area (Å²) in [5.74, 6) is 0. The summed E-state index contributed by atoms with van der Waals surface area (Å²) < 4.78 is 0. The van der Waals surface area contributed by atoms with Gasteiger partial charge >= 0.3 is 0 Å². The fourth-order valence-corrected chi connectivity index (χ4v) is 2.79. The molecule has 1 nitrogen and oxygen atoms in total. The van der Waals surface area contributed by atoms with Crippen LogP contribution in [-0.4, -0.2) is 6.54 Å². The maximum absolute atomic E-state index is 3.59. The van der Waals surface area contributed by atoms with Crippen molar-refractivity contribution >= 4 is 0 Å². The van der Waals surface area contributed by atoms with Crippen molar-refractivity contribution in [3.63, 3.8) is 0 Å². The first-order chi connectivity index (χ1) is 7.34. The summed E-state index contributed by atoms with van der Waals surface area (Å²) in [4.78, 5) is 0. The van der Waals surface area contributed by atoms with Crippen molar-refractivity contribution in [3.8, 4) is 0 Å². The Labute approximate surface area is 99.3 Å². The van der Waals surface area contributed by atoms with Crippen LogP contribution >= 0.6 is 0 Å². The smallest absolute Gasteiger partial charge is 0.0389 e. The number of rotatable bonds is 1. The summed E-state index contributed by atoms with van der Waals surface area (Å²) in [6.45, 7) is 14.8. The van der Waals surface area contributed by atoms with Gasteiger partial charge in [-0.3, -0.25) is 0 Å².